The van der Waals surface area contributed by atoms with Crippen LogP contribution in [-0.4, -0.2) is 30.5 Å². The average molecular weight is 360 g/mol. The van der Waals surface area contributed by atoms with Crippen molar-refractivity contribution in [1.29, 1.82) is 0 Å². The number of benzene rings is 1. The van der Waals surface area contributed by atoms with Gasteiger partial charge in [-0.15, -0.1) is 0 Å². The Morgan fingerprint density at radius 1 is 1.38 bits per heavy atom. The first kappa shape index (κ1) is 18.3. The molecule has 0 aromatic heterocycles. The van der Waals surface area contributed by atoms with Crippen molar-refractivity contribution in [2.45, 2.75) is 52.3 Å². The molecule has 0 heterocycles. The molecule has 0 saturated carbocycles. The third kappa shape index (κ3) is 5.85. The van der Waals surface area contributed by atoms with Gasteiger partial charge in [-0.1, -0.05) is 20.8 Å². The number of methoxy groups -OCH3 is 1. The van der Waals surface area contributed by atoms with E-state index in [-0.39, 0.29) is 6.61 Å². The van der Waals surface area contributed by atoms with E-state index >= 15 is 0 Å². The normalized spacial score (nSPS) is 14.1. The van der Waals surface area contributed by atoms with Crippen LogP contribution in [0.3, 0.4) is 0 Å². The maximum Gasteiger partial charge on any atom is 0.175 e. The number of rotatable bonds is 8. The lowest BCUT2D eigenvalue weighted by molar-refractivity contribution is 0.00750. The SMILES string of the molecule is CCC(C)(O)COc1c(Br)cc(CNC(C)C)cc1OC. The molecule has 0 aliphatic carbocycles. The second-order valence-corrected chi connectivity index (χ2v) is 6.64. The molecule has 0 aliphatic heterocycles. The van der Waals surface area contributed by atoms with E-state index in [4.69, 9.17) is 9.47 Å². The summed E-state index contributed by atoms with van der Waals surface area (Å²) < 4.78 is 12.0. The Morgan fingerprint density at radius 2 is 2.05 bits per heavy atom. The van der Waals surface area contributed by atoms with Gasteiger partial charge in [-0.25, -0.2) is 0 Å². The van der Waals surface area contributed by atoms with Crippen molar-refractivity contribution >= 4 is 15.9 Å². The quantitative estimate of drug-likeness (QED) is 0.745. The molecule has 5 heteroatoms. The second-order valence-electron chi connectivity index (χ2n) is 5.78. The van der Waals surface area contributed by atoms with Crippen molar-refractivity contribution < 1.29 is 14.6 Å². The molecule has 21 heavy (non-hydrogen) atoms. The molecule has 0 bridgehead atoms. The van der Waals surface area contributed by atoms with Crippen LogP contribution in [0, 0.1) is 0 Å². The summed E-state index contributed by atoms with van der Waals surface area (Å²) in [6.45, 7) is 8.89. The number of aliphatic hydroxyl groups is 1. The van der Waals surface area contributed by atoms with Crippen LogP contribution < -0.4 is 14.8 Å². The Kier molecular flexibility index (Phi) is 6.97. The molecule has 0 aliphatic rings. The Bertz CT molecular complexity index is 461. The number of halogens is 1. The van der Waals surface area contributed by atoms with Crippen molar-refractivity contribution in [2.24, 2.45) is 0 Å². The summed E-state index contributed by atoms with van der Waals surface area (Å²) in [4.78, 5) is 0. The standard InChI is InChI=1S/C16H26BrNO3/c1-6-16(4,19)10-21-15-13(17)7-12(8-14(15)20-5)9-18-11(2)3/h7-8,11,18-19H,6,9-10H2,1-5H3. The number of ether oxygens (including phenoxy) is 2. The molecule has 0 saturated heterocycles. The summed E-state index contributed by atoms with van der Waals surface area (Å²) in [6, 6.07) is 4.38. The summed E-state index contributed by atoms with van der Waals surface area (Å²) in [5.74, 6) is 1.29. The molecule has 4 nitrogen and oxygen atoms in total. The molecule has 1 aromatic rings. The fourth-order valence-electron chi connectivity index (χ4n) is 1.67. The van der Waals surface area contributed by atoms with Crippen molar-refractivity contribution in [3.8, 4) is 11.5 Å². The predicted molar refractivity (Wildman–Crippen MR) is 89.1 cm³/mol. The van der Waals surface area contributed by atoms with E-state index in [1.165, 1.54) is 0 Å². The molecule has 1 unspecified atom stereocenters. The van der Waals surface area contributed by atoms with Crippen LogP contribution in [0.1, 0.15) is 39.7 Å². The van der Waals surface area contributed by atoms with E-state index in [1.807, 2.05) is 19.1 Å². The van der Waals surface area contributed by atoms with Gasteiger partial charge in [-0.2, -0.15) is 0 Å². The van der Waals surface area contributed by atoms with Crippen molar-refractivity contribution in [2.75, 3.05) is 13.7 Å². The number of nitrogens with one attached hydrogen (secondary N) is 1. The van der Waals surface area contributed by atoms with Gasteiger partial charge in [-0.05, 0) is 47.0 Å². The molecule has 120 valence electrons. The van der Waals surface area contributed by atoms with Crippen molar-refractivity contribution in [3.63, 3.8) is 0 Å². The highest BCUT2D eigenvalue weighted by Gasteiger charge is 2.21. The highest BCUT2D eigenvalue weighted by Crippen LogP contribution is 2.37. The van der Waals surface area contributed by atoms with E-state index in [0.29, 0.717) is 24.0 Å². The van der Waals surface area contributed by atoms with Gasteiger partial charge in [0.05, 0.1) is 17.2 Å². The van der Waals surface area contributed by atoms with Gasteiger partial charge in [0.25, 0.3) is 0 Å². The topological polar surface area (TPSA) is 50.7 Å². The fourth-order valence-corrected chi connectivity index (χ4v) is 2.27. The molecule has 1 atom stereocenters. The van der Waals surface area contributed by atoms with Crippen molar-refractivity contribution in [1.82, 2.24) is 5.32 Å². The summed E-state index contributed by atoms with van der Waals surface area (Å²) >= 11 is 3.52. The lowest BCUT2D eigenvalue weighted by Crippen LogP contribution is -2.31. The van der Waals surface area contributed by atoms with Crippen LogP contribution in [0.2, 0.25) is 0 Å². The van der Waals surface area contributed by atoms with Crippen LogP contribution in [0.5, 0.6) is 11.5 Å². The zero-order chi connectivity index (χ0) is 16.0. The minimum absolute atomic E-state index is 0.224. The van der Waals surface area contributed by atoms with Gasteiger partial charge in [0.2, 0.25) is 0 Å². The molecular formula is C16H26BrNO3. The highest BCUT2D eigenvalue weighted by molar-refractivity contribution is 9.10. The Morgan fingerprint density at radius 3 is 2.57 bits per heavy atom. The lowest BCUT2D eigenvalue weighted by atomic mass is 10.1. The van der Waals surface area contributed by atoms with E-state index in [1.54, 1.807) is 14.0 Å². The molecule has 2 N–H and O–H groups in total. The number of hydrogen-bond donors (Lipinski definition) is 2. The molecule has 1 rings (SSSR count). The molecule has 0 radical (unpaired) electrons. The molecule has 0 amide bonds. The predicted octanol–water partition coefficient (Wildman–Crippen LogP) is 3.50. The maximum atomic E-state index is 10.0. The van der Waals surface area contributed by atoms with Crippen LogP contribution in [0.25, 0.3) is 0 Å². The van der Waals surface area contributed by atoms with Gasteiger partial charge in [0.1, 0.15) is 6.61 Å². The summed E-state index contributed by atoms with van der Waals surface area (Å²) in [5.41, 5.74) is 0.268. The third-order valence-electron chi connectivity index (χ3n) is 3.29. The number of hydrogen-bond acceptors (Lipinski definition) is 4. The fraction of sp³-hybridized carbons (Fsp3) is 0.625. The monoisotopic (exact) mass is 359 g/mol. The third-order valence-corrected chi connectivity index (χ3v) is 3.88. The second kappa shape index (κ2) is 8.01. The van der Waals surface area contributed by atoms with E-state index in [2.05, 4.69) is 35.1 Å². The molecule has 0 fully saturated rings. The van der Waals surface area contributed by atoms with Gasteiger partial charge < -0.3 is 19.9 Å². The minimum Gasteiger partial charge on any atom is -0.493 e. The van der Waals surface area contributed by atoms with E-state index < -0.39 is 5.60 Å². The van der Waals surface area contributed by atoms with Gasteiger partial charge in [-0.3, -0.25) is 0 Å². The first-order valence-electron chi connectivity index (χ1n) is 7.24. The van der Waals surface area contributed by atoms with Gasteiger partial charge >= 0.3 is 0 Å². The Labute approximate surface area is 136 Å². The molecule has 0 spiro atoms. The summed E-state index contributed by atoms with van der Waals surface area (Å²) in [5, 5.41) is 13.4. The Balaban J connectivity index is 2.89. The van der Waals surface area contributed by atoms with Gasteiger partial charge in [0.15, 0.2) is 11.5 Å². The lowest BCUT2D eigenvalue weighted by Gasteiger charge is -2.23. The first-order valence-corrected chi connectivity index (χ1v) is 8.03. The minimum atomic E-state index is -0.845. The maximum absolute atomic E-state index is 10.0. The first-order chi connectivity index (χ1) is 9.79. The molecule has 1 aromatic carbocycles. The average Bonchev–Trinajstić information content (AvgIpc) is 2.43. The summed E-state index contributed by atoms with van der Waals surface area (Å²) in [6.07, 6.45) is 0.628. The zero-order valence-corrected chi connectivity index (χ0v) is 15.1. The van der Waals surface area contributed by atoms with E-state index in [0.717, 1.165) is 16.6 Å². The van der Waals surface area contributed by atoms with Crippen LogP contribution in [0.15, 0.2) is 16.6 Å². The van der Waals surface area contributed by atoms with Gasteiger partial charge in [0, 0.05) is 12.6 Å². The van der Waals surface area contributed by atoms with Crippen LogP contribution >= 0.6 is 15.9 Å². The smallest absolute Gasteiger partial charge is 0.175 e. The largest absolute Gasteiger partial charge is 0.493 e. The zero-order valence-electron chi connectivity index (χ0n) is 13.5. The summed E-state index contributed by atoms with van der Waals surface area (Å²) in [7, 11) is 1.62. The Hall–Kier alpha value is -0.780. The van der Waals surface area contributed by atoms with E-state index in [9.17, 15) is 5.11 Å². The van der Waals surface area contributed by atoms with Crippen LogP contribution in [-0.2, 0) is 6.54 Å². The highest BCUT2D eigenvalue weighted by atomic mass is 79.9. The van der Waals surface area contributed by atoms with Crippen molar-refractivity contribution in [3.05, 3.63) is 22.2 Å². The van der Waals surface area contributed by atoms with Crippen LogP contribution in [0.4, 0.5) is 0 Å². The molecular weight excluding hydrogens is 334 g/mol.